The van der Waals surface area contributed by atoms with Crippen molar-refractivity contribution in [3.8, 4) is 0 Å². The Balaban J connectivity index is 1.48. The summed E-state index contributed by atoms with van der Waals surface area (Å²) in [5.41, 5.74) is -5.89. The second-order valence-electron chi connectivity index (χ2n) is 14.6. The summed E-state index contributed by atoms with van der Waals surface area (Å²) in [6.45, 7) is 10.7. The van der Waals surface area contributed by atoms with Gasteiger partial charge in [0.05, 0.1) is 24.2 Å². The molecule has 11 atom stereocenters. The first kappa shape index (κ1) is 32.7. The Labute approximate surface area is 254 Å². The fraction of sp³-hybridized carbons (Fsp3) is 0.818. The molecule has 0 aromatic heterocycles. The number of hydrogen-bond donors (Lipinski definition) is 5. The number of hydrogen-bond acceptors (Lipinski definition) is 10. The molecule has 0 aromatic rings. The number of carbonyl (C=O) groups excluding carboxylic acids is 2. The van der Waals surface area contributed by atoms with Gasteiger partial charge in [-0.05, 0) is 77.0 Å². The molecule has 242 valence electrons. The molecule has 10 nitrogen and oxygen atoms in total. The number of allylic oxidation sites excluding steroid dienone is 1. The lowest BCUT2D eigenvalue weighted by Crippen LogP contribution is -2.78. The molecule has 0 radical (unpaired) electrons. The number of fused-ring (bicyclic) bond motifs is 5. The van der Waals surface area contributed by atoms with Crippen molar-refractivity contribution in [2.24, 2.45) is 22.7 Å². The molecule has 5 N–H and O–H groups in total. The zero-order valence-corrected chi connectivity index (χ0v) is 26.3. The third-order valence-electron chi connectivity index (χ3n) is 12.3. The van der Waals surface area contributed by atoms with E-state index in [9.17, 15) is 35.1 Å². The lowest BCUT2D eigenvalue weighted by molar-refractivity contribution is -0.314. The Morgan fingerprint density at radius 2 is 1.74 bits per heavy atom. The van der Waals surface area contributed by atoms with E-state index in [0.29, 0.717) is 19.3 Å². The number of aliphatic hydroxyl groups is 5. The Kier molecular flexibility index (Phi) is 8.37. The van der Waals surface area contributed by atoms with Gasteiger partial charge in [0.15, 0.2) is 12.1 Å². The first-order chi connectivity index (χ1) is 19.9. The Bertz CT molecular complexity index is 1200. The molecule has 0 unspecified atom stereocenters. The summed E-state index contributed by atoms with van der Waals surface area (Å²) in [5.74, 6) is -1.53. The summed E-state index contributed by atoms with van der Waals surface area (Å²) in [7, 11) is 0. The lowest BCUT2D eigenvalue weighted by Gasteiger charge is -2.67. The van der Waals surface area contributed by atoms with E-state index in [1.807, 2.05) is 26.8 Å². The van der Waals surface area contributed by atoms with Gasteiger partial charge in [-0.25, -0.2) is 4.79 Å². The molecule has 4 fully saturated rings. The minimum absolute atomic E-state index is 0.00399. The average molecular weight is 607 g/mol. The second-order valence-corrected chi connectivity index (χ2v) is 14.6. The zero-order chi connectivity index (χ0) is 31.8. The van der Waals surface area contributed by atoms with Gasteiger partial charge in [-0.15, -0.1) is 0 Å². The predicted octanol–water partition coefficient (Wildman–Crippen LogP) is 2.48. The molecule has 0 aromatic carbocycles. The van der Waals surface area contributed by atoms with E-state index < -0.39 is 69.9 Å². The third-order valence-corrected chi connectivity index (χ3v) is 12.3. The highest BCUT2D eigenvalue weighted by Gasteiger charge is 2.81. The van der Waals surface area contributed by atoms with Gasteiger partial charge >= 0.3 is 5.97 Å². The highest BCUT2D eigenvalue weighted by atomic mass is 16.7. The molecule has 43 heavy (non-hydrogen) atoms. The Hall–Kier alpha value is -1.66. The molecule has 5 aliphatic rings. The minimum Gasteiger partial charge on any atom is -0.458 e. The summed E-state index contributed by atoms with van der Waals surface area (Å²) >= 11 is 0. The first-order valence-electron chi connectivity index (χ1n) is 15.8. The lowest BCUT2D eigenvalue weighted by atomic mass is 9.42. The van der Waals surface area contributed by atoms with Crippen molar-refractivity contribution in [2.45, 2.75) is 140 Å². The number of rotatable bonds is 6. The number of esters is 1. The van der Waals surface area contributed by atoms with Crippen molar-refractivity contribution in [1.82, 2.24) is 0 Å². The fourth-order valence-electron chi connectivity index (χ4n) is 9.05. The van der Waals surface area contributed by atoms with E-state index in [-0.39, 0.29) is 50.7 Å². The SMILES string of the molecule is CC(=O)[C@]1(O)CC[C@@]2(O)[C@]1(C)[C@H](OC(=O)/C=C(\C)C(C)C)C[C@@H]1[C@@]3(C)CC[C@H](O[C@H]4C[C@H](O)[C@H](O)CO4)CC3=CC[C@]12O. The van der Waals surface area contributed by atoms with Gasteiger partial charge < -0.3 is 39.7 Å². The summed E-state index contributed by atoms with van der Waals surface area (Å²) in [5, 5.41) is 56.9. The molecule has 3 saturated carbocycles. The zero-order valence-electron chi connectivity index (χ0n) is 26.3. The smallest absolute Gasteiger partial charge is 0.330 e. The highest BCUT2D eigenvalue weighted by Crippen LogP contribution is 2.71. The van der Waals surface area contributed by atoms with Crippen LogP contribution >= 0.6 is 0 Å². The molecule has 1 aliphatic heterocycles. The van der Waals surface area contributed by atoms with Crippen LogP contribution in [0.25, 0.3) is 0 Å². The van der Waals surface area contributed by atoms with Crippen LogP contribution in [0, 0.1) is 22.7 Å². The van der Waals surface area contributed by atoms with E-state index in [0.717, 1.165) is 11.1 Å². The Morgan fingerprint density at radius 1 is 1.05 bits per heavy atom. The van der Waals surface area contributed by atoms with Crippen molar-refractivity contribution in [3.05, 3.63) is 23.3 Å². The number of aliphatic hydroxyl groups excluding tert-OH is 2. The Morgan fingerprint density at radius 3 is 2.37 bits per heavy atom. The van der Waals surface area contributed by atoms with Gasteiger partial charge in [0.25, 0.3) is 0 Å². The standard InChI is InChI=1S/C33H50O10/c1-18(2)19(3)13-27(37)43-26-16-25-29(5)9-8-22(42-28-15-23(35)24(36)17-41-28)14-21(29)7-10-32(25,39)33(40)12-11-31(38,20(4)34)30(26,33)6/h7,13,18,22-26,28,35-36,38-40H,8-12,14-17H2,1-6H3/b19-13+/t22-,23-,24+,25+,26+,28-,29-,30+,31+,32-,33+/m0/s1. The largest absolute Gasteiger partial charge is 0.458 e. The number of ether oxygens (including phenoxy) is 3. The van der Waals surface area contributed by atoms with Gasteiger partial charge in [0, 0.05) is 18.4 Å². The molecular formula is C33H50O10. The van der Waals surface area contributed by atoms with Crippen LogP contribution in [0.3, 0.4) is 0 Å². The quantitative estimate of drug-likeness (QED) is 0.172. The number of Topliss-reactive ketones (excluding diaryl/α,β-unsaturated/α-hetero) is 1. The highest BCUT2D eigenvalue weighted by molar-refractivity contribution is 5.87. The van der Waals surface area contributed by atoms with Gasteiger partial charge in [-0.3, -0.25) is 4.79 Å². The molecule has 0 bridgehead atoms. The summed E-state index contributed by atoms with van der Waals surface area (Å²) in [6.07, 6.45) is 1.92. The molecule has 0 spiro atoms. The van der Waals surface area contributed by atoms with E-state index >= 15 is 0 Å². The van der Waals surface area contributed by atoms with Crippen molar-refractivity contribution in [2.75, 3.05) is 6.61 Å². The van der Waals surface area contributed by atoms with Crippen LogP contribution in [0.4, 0.5) is 0 Å². The molecule has 1 heterocycles. The summed E-state index contributed by atoms with van der Waals surface area (Å²) < 4.78 is 17.9. The van der Waals surface area contributed by atoms with Gasteiger partial charge in [0.2, 0.25) is 0 Å². The van der Waals surface area contributed by atoms with Gasteiger partial charge in [-0.1, -0.05) is 38.0 Å². The maximum Gasteiger partial charge on any atom is 0.330 e. The molecule has 0 amide bonds. The van der Waals surface area contributed by atoms with Crippen molar-refractivity contribution in [1.29, 1.82) is 0 Å². The van der Waals surface area contributed by atoms with Crippen LogP contribution in [0.5, 0.6) is 0 Å². The number of ketones is 1. The summed E-state index contributed by atoms with van der Waals surface area (Å²) in [4.78, 5) is 26.2. The van der Waals surface area contributed by atoms with E-state index in [2.05, 4.69) is 6.92 Å². The topological polar surface area (TPSA) is 163 Å². The van der Waals surface area contributed by atoms with Crippen LogP contribution < -0.4 is 0 Å². The van der Waals surface area contributed by atoms with Crippen LogP contribution in [-0.2, 0) is 23.8 Å². The van der Waals surface area contributed by atoms with Gasteiger partial charge in [0.1, 0.15) is 29.0 Å². The van der Waals surface area contributed by atoms with E-state index in [1.54, 1.807) is 6.92 Å². The maximum atomic E-state index is 13.2. The van der Waals surface area contributed by atoms with Crippen LogP contribution in [0.15, 0.2) is 23.3 Å². The normalized spacial score (nSPS) is 48.2. The molecule has 4 aliphatic carbocycles. The fourth-order valence-corrected chi connectivity index (χ4v) is 9.05. The number of carbonyl (C=O) groups is 2. The second kappa shape index (κ2) is 11.0. The van der Waals surface area contributed by atoms with E-state index in [1.165, 1.54) is 13.0 Å². The van der Waals surface area contributed by atoms with Crippen LogP contribution in [0.2, 0.25) is 0 Å². The van der Waals surface area contributed by atoms with Crippen LogP contribution in [-0.4, -0.2) is 91.4 Å². The first-order valence-corrected chi connectivity index (χ1v) is 15.8. The maximum absolute atomic E-state index is 13.2. The molecule has 5 rings (SSSR count). The average Bonchev–Trinajstić information content (AvgIpc) is 3.16. The van der Waals surface area contributed by atoms with Crippen molar-refractivity contribution >= 4 is 11.8 Å². The van der Waals surface area contributed by atoms with Crippen LogP contribution in [0.1, 0.15) is 92.9 Å². The van der Waals surface area contributed by atoms with Gasteiger partial charge in [-0.2, -0.15) is 0 Å². The molecule has 1 saturated heterocycles. The van der Waals surface area contributed by atoms with E-state index in [4.69, 9.17) is 14.2 Å². The predicted molar refractivity (Wildman–Crippen MR) is 155 cm³/mol. The monoisotopic (exact) mass is 606 g/mol. The summed E-state index contributed by atoms with van der Waals surface area (Å²) in [6, 6.07) is 0. The minimum atomic E-state index is -1.99. The molecular weight excluding hydrogens is 556 g/mol. The van der Waals surface area contributed by atoms with Crippen molar-refractivity contribution < 1.29 is 49.3 Å². The third kappa shape index (κ3) is 4.78. The molecule has 10 heteroatoms. The van der Waals surface area contributed by atoms with Crippen molar-refractivity contribution in [3.63, 3.8) is 0 Å².